The van der Waals surface area contributed by atoms with Gasteiger partial charge in [-0.2, -0.15) is 0 Å². The molecule has 0 aromatic rings. The third-order valence-corrected chi connectivity index (χ3v) is 5.06. The second-order valence-electron chi connectivity index (χ2n) is 7.45. The first-order valence-corrected chi connectivity index (χ1v) is 7.86. The van der Waals surface area contributed by atoms with Gasteiger partial charge >= 0.3 is 0 Å². The van der Waals surface area contributed by atoms with Crippen molar-refractivity contribution in [2.24, 2.45) is 29.6 Å². The molecule has 2 nitrogen and oxygen atoms in total. The van der Waals surface area contributed by atoms with Gasteiger partial charge in [-0.3, -0.25) is 0 Å². The van der Waals surface area contributed by atoms with E-state index in [4.69, 9.17) is 0 Å². The van der Waals surface area contributed by atoms with Gasteiger partial charge in [0.25, 0.3) is 0 Å². The lowest BCUT2D eigenvalue weighted by Crippen LogP contribution is -2.47. The minimum absolute atomic E-state index is 0.0729. The molecule has 0 spiro atoms. The number of aliphatic hydroxyl groups is 1. The van der Waals surface area contributed by atoms with Gasteiger partial charge in [-0.1, -0.05) is 27.7 Å². The summed E-state index contributed by atoms with van der Waals surface area (Å²) in [6.07, 6.45) is 3.60. The Hall–Kier alpha value is -0.0800. The quantitative estimate of drug-likeness (QED) is 0.818. The lowest BCUT2D eigenvalue weighted by Gasteiger charge is -2.42. The highest BCUT2D eigenvalue weighted by Crippen LogP contribution is 2.35. The first-order chi connectivity index (χ1) is 8.45. The van der Waals surface area contributed by atoms with Crippen molar-refractivity contribution in [2.75, 3.05) is 19.6 Å². The van der Waals surface area contributed by atoms with Gasteiger partial charge in [0.2, 0.25) is 0 Å². The molecule has 18 heavy (non-hydrogen) atoms. The average Bonchev–Trinajstić information content (AvgIpc) is 2.22. The smallest absolute Gasteiger partial charge is 0.0585 e. The van der Waals surface area contributed by atoms with Gasteiger partial charge in [0.1, 0.15) is 0 Å². The molecule has 1 saturated carbocycles. The monoisotopic (exact) mass is 253 g/mol. The number of aliphatic hydroxyl groups excluding tert-OH is 1. The SMILES string of the molecule is CC1CC(C)C(CN2CC(C)CC(C)C2)C(O)C1. The molecule has 6 unspecified atom stereocenters. The molecule has 1 saturated heterocycles. The molecule has 0 bridgehead atoms. The van der Waals surface area contributed by atoms with Crippen LogP contribution in [0.3, 0.4) is 0 Å². The molecule has 0 aromatic carbocycles. The van der Waals surface area contributed by atoms with Crippen LogP contribution in [0.15, 0.2) is 0 Å². The molecule has 2 fully saturated rings. The van der Waals surface area contributed by atoms with E-state index in [9.17, 15) is 5.11 Å². The summed E-state index contributed by atoms with van der Waals surface area (Å²) in [6.45, 7) is 12.9. The zero-order valence-corrected chi connectivity index (χ0v) is 12.6. The van der Waals surface area contributed by atoms with Gasteiger partial charge in [0.15, 0.2) is 0 Å². The Bertz CT molecular complexity index is 246. The zero-order chi connectivity index (χ0) is 13.3. The number of likely N-dealkylation sites (tertiary alicyclic amines) is 1. The molecule has 2 rings (SSSR count). The second-order valence-corrected chi connectivity index (χ2v) is 7.45. The van der Waals surface area contributed by atoms with Gasteiger partial charge in [0, 0.05) is 25.6 Å². The molecular formula is C16H31NO. The summed E-state index contributed by atoms with van der Waals surface area (Å²) in [6, 6.07) is 0. The molecule has 1 aliphatic heterocycles. The molecule has 0 amide bonds. The van der Waals surface area contributed by atoms with E-state index in [1.165, 1.54) is 25.9 Å². The largest absolute Gasteiger partial charge is 0.393 e. The number of hydrogen-bond acceptors (Lipinski definition) is 2. The molecule has 2 heteroatoms. The number of hydrogen-bond donors (Lipinski definition) is 1. The van der Waals surface area contributed by atoms with Crippen molar-refractivity contribution in [3.8, 4) is 0 Å². The Kier molecular flexibility index (Phi) is 4.71. The average molecular weight is 253 g/mol. The van der Waals surface area contributed by atoms with Gasteiger partial charge in [-0.15, -0.1) is 0 Å². The maximum absolute atomic E-state index is 10.3. The summed E-state index contributed by atoms with van der Waals surface area (Å²) < 4.78 is 0. The Labute approximate surface area is 113 Å². The highest BCUT2D eigenvalue weighted by Gasteiger charge is 2.35. The summed E-state index contributed by atoms with van der Waals surface area (Å²) in [7, 11) is 0. The van der Waals surface area contributed by atoms with Crippen molar-refractivity contribution in [3.05, 3.63) is 0 Å². The highest BCUT2D eigenvalue weighted by atomic mass is 16.3. The van der Waals surface area contributed by atoms with Crippen molar-refractivity contribution in [3.63, 3.8) is 0 Å². The molecule has 0 radical (unpaired) electrons. The van der Waals surface area contributed by atoms with Gasteiger partial charge in [-0.25, -0.2) is 0 Å². The van der Waals surface area contributed by atoms with Crippen LogP contribution in [0.4, 0.5) is 0 Å². The van der Waals surface area contributed by atoms with Crippen molar-refractivity contribution in [1.29, 1.82) is 0 Å². The van der Waals surface area contributed by atoms with Crippen molar-refractivity contribution in [1.82, 2.24) is 4.90 Å². The van der Waals surface area contributed by atoms with Crippen molar-refractivity contribution in [2.45, 2.75) is 53.1 Å². The number of nitrogens with zero attached hydrogens (tertiary/aromatic N) is 1. The molecule has 2 aliphatic rings. The number of piperidine rings is 1. The maximum Gasteiger partial charge on any atom is 0.0585 e. The topological polar surface area (TPSA) is 23.5 Å². The van der Waals surface area contributed by atoms with Crippen molar-refractivity contribution >= 4 is 0 Å². The molecule has 106 valence electrons. The molecule has 0 aromatic heterocycles. The van der Waals surface area contributed by atoms with Crippen LogP contribution in [0.1, 0.15) is 47.0 Å². The third kappa shape index (κ3) is 3.48. The van der Waals surface area contributed by atoms with Crippen LogP contribution in [0.5, 0.6) is 0 Å². The molecular weight excluding hydrogens is 222 g/mol. The summed E-state index contributed by atoms with van der Waals surface area (Å²) in [5.41, 5.74) is 0. The van der Waals surface area contributed by atoms with E-state index in [1.54, 1.807) is 0 Å². The van der Waals surface area contributed by atoms with E-state index in [0.29, 0.717) is 17.8 Å². The van der Waals surface area contributed by atoms with E-state index in [0.717, 1.165) is 24.8 Å². The fourth-order valence-electron chi connectivity index (χ4n) is 4.41. The Morgan fingerprint density at radius 2 is 1.50 bits per heavy atom. The van der Waals surface area contributed by atoms with E-state index in [1.807, 2.05) is 0 Å². The highest BCUT2D eigenvalue weighted by molar-refractivity contribution is 4.86. The summed E-state index contributed by atoms with van der Waals surface area (Å²) >= 11 is 0. The second kappa shape index (κ2) is 5.92. The van der Waals surface area contributed by atoms with Crippen molar-refractivity contribution < 1.29 is 5.11 Å². The fourth-order valence-corrected chi connectivity index (χ4v) is 4.41. The predicted molar refractivity (Wildman–Crippen MR) is 76.4 cm³/mol. The van der Waals surface area contributed by atoms with Crippen LogP contribution in [-0.4, -0.2) is 35.7 Å². The maximum atomic E-state index is 10.3. The van der Waals surface area contributed by atoms with Gasteiger partial charge in [0.05, 0.1) is 6.10 Å². The fraction of sp³-hybridized carbons (Fsp3) is 1.00. The van der Waals surface area contributed by atoms with Crippen LogP contribution in [0.25, 0.3) is 0 Å². The zero-order valence-electron chi connectivity index (χ0n) is 12.6. The van der Waals surface area contributed by atoms with Gasteiger partial charge in [-0.05, 0) is 42.9 Å². The first-order valence-electron chi connectivity index (χ1n) is 7.86. The lowest BCUT2D eigenvalue weighted by molar-refractivity contribution is -0.0119. The summed E-state index contributed by atoms with van der Waals surface area (Å²) in [4.78, 5) is 2.61. The minimum Gasteiger partial charge on any atom is -0.393 e. The van der Waals surface area contributed by atoms with E-state index in [-0.39, 0.29) is 6.10 Å². The normalized spacial score (nSPS) is 47.2. The standard InChI is InChI=1S/C16H31NO/c1-11-6-14(4)15(16(18)7-11)10-17-8-12(2)5-13(3)9-17/h11-16,18H,5-10H2,1-4H3. The Morgan fingerprint density at radius 3 is 2.06 bits per heavy atom. The Balaban J connectivity index is 1.91. The third-order valence-electron chi connectivity index (χ3n) is 5.06. The number of rotatable bonds is 2. The molecule has 1 heterocycles. The van der Waals surface area contributed by atoms with Crippen LogP contribution in [0.2, 0.25) is 0 Å². The van der Waals surface area contributed by atoms with Crippen LogP contribution >= 0.6 is 0 Å². The summed E-state index contributed by atoms with van der Waals surface area (Å²) in [5.74, 6) is 3.52. The van der Waals surface area contributed by atoms with E-state index >= 15 is 0 Å². The Morgan fingerprint density at radius 1 is 0.889 bits per heavy atom. The van der Waals surface area contributed by atoms with Crippen LogP contribution in [0, 0.1) is 29.6 Å². The molecule has 6 atom stereocenters. The molecule has 1 N–H and O–H groups in total. The van der Waals surface area contributed by atoms with Gasteiger partial charge < -0.3 is 10.0 Å². The minimum atomic E-state index is -0.0729. The van der Waals surface area contributed by atoms with Crippen LogP contribution < -0.4 is 0 Å². The first kappa shape index (κ1) is 14.3. The van der Waals surface area contributed by atoms with Crippen LogP contribution in [-0.2, 0) is 0 Å². The van der Waals surface area contributed by atoms with E-state index < -0.39 is 0 Å². The lowest BCUT2D eigenvalue weighted by atomic mass is 9.73. The summed E-state index contributed by atoms with van der Waals surface area (Å²) in [5, 5.41) is 10.3. The predicted octanol–water partition coefficient (Wildman–Crippen LogP) is 3.01. The van der Waals surface area contributed by atoms with E-state index in [2.05, 4.69) is 32.6 Å². The molecule has 1 aliphatic carbocycles.